The number of amides is 2. The van der Waals surface area contributed by atoms with E-state index >= 15 is 0 Å². The predicted octanol–water partition coefficient (Wildman–Crippen LogP) is -0.107. The predicted molar refractivity (Wildman–Crippen MR) is 146 cm³/mol. The fraction of sp³-hybridized carbons (Fsp3) is 0.500. The lowest BCUT2D eigenvalue weighted by atomic mass is 9.57. The molecular weight excluding hydrogens is 534 g/mol. The molecule has 1 saturated heterocycles. The average Bonchev–Trinajstić information content (AvgIpc) is 2.91. The Labute approximate surface area is 236 Å². The van der Waals surface area contributed by atoms with Gasteiger partial charge in [0.2, 0.25) is 11.7 Å². The number of nitrogens with two attached hydrogens (primary N) is 1. The number of aromatic hydroxyl groups is 1. The van der Waals surface area contributed by atoms with Gasteiger partial charge in [-0.05, 0) is 57.3 Å². The number of carbonyl (C=O) groups is 4. The van der Waals surface area contributed by atoms with Crippen LogP contribution in [0.2, 0.25) is 0 Å². The quantitative estimate of drug-likeness (QED) is 0.178. The van der Waals surface area contributed by atoms with E-state index in [0.29, 0.717) is 5.56 Å². The highest BCUT2D eigenvalue weighted by atomic mass is 16.3. The minimum absolute atomic E-state index is 0.00712. The summed E-state index contributed by atoms with van der Waals surface area (Å²) in [4.78, 5) is 53.2. The summed E-state index contributed by atoms with van der Waals surface area (Å²) in [6, 6.07) is 1.99. The van der Waals surface area contributed by atoms with Gasteiger partial charge in [-0.2, -0.15) is 0 Å². The number of phenols is 1. The van der Waals surface area contributed by atoms with Crippen molar-refractivity contribution in [1.82, 2.24) is 15.3 Å². The van der Waals surface area contributed by atoms with Gasteiger partial charge in [-0.3, -0.25) is 24.1 Å². The smallest absolute Gasteiger partial charge is 0.255 e. The molecule has 13 nitrogen and oxygen atoms in total. The standard InChI is InChI=1S/C28H35N5O8/c1-32(2)21-15-11-14-10-13-6-7-16(31-17(34)12-30-33-8-4-3-5-9-33)22(35)18(13)23(36)19(14)25(38)28(15,41)26(39)20(24(21)37)27(29)40/h6-7,14-15,21,30,35-36,39,41H,3-5,8-12H2,1-2H3,(H2,29,40)(H,31,34). The van der Waals surface area contributed by atoms with Crippen molar-refractivity contribution < 1.29 is 39.6 Å². The Morgan fingerprint density at radius 2 is 1.80 bits per heavy atom. The third-order valence-electron chi connectivity index (χ3n) is 8.69. The number of likely N-dealkylation sites (N-methyl/N-ethyl adjacent to an activating group) is 1. The van der Waals surface area contributed by atoms with E-state index < -0.39 is 69.7 Å². The van der Waals surface area contributed by atoms with Crippen LogP contribution >= 0.6 is 0 Å². The Bertz CT molecular complexity index is 1400. The van der Waals surface area contributed by atoms with E-state index in [1.165, 1.54) is 11.0 Å². The zero-order valence-corrected chi connectivity index (χ0v) is 22.9. The molecule has 4 atom stereocenters. The van der Waals surface area contributed by atoms with Crippen LogP contribution in [-0.4, -0.2) is 99.1 Å². The van der Waals surface area contributed by atoms with E-state index in [1.807, 2.05) is 5.01 Å². The number of rotatable bonds is 6. The number of aliphatic hydroxyl groups is 3. The minimum Gasteiger partial charge on any atom is -0.508 e. The number of nitrogens with one attached hydrogen (secondary N) is 2. The molecule has 4 unspecified atom stereocenters. The number of benzene rings is 1. The van der Waals surface area contributed by atoms with E-state index in [1.54, 1.807) is 20.2 Å². The van der Waals surface area contributed by atoms with Gasteiger partial charge in [-0.25, -0.2) is 10.4 Å². The van der Waals surface area contributed by atoms with Crippen LogP contribution in [0, 0.1) is 11.8 Å². The Morgan fingerprint density at radius 1 is 1.12 bits per heavy atom. The lowest BCUT2D eigenvalue weighted by molar-refractivity contribution is -0.153. The van der Waals surface area contributed by atoms with E-state index in [0.717, 1.165) is 32.4 Å². The van der Waals surface area contributed by atoms with Crippen molar-refractivity contribution >= 4 is 34.8 Å². The van der Waals surface area contributed by atoms with Crippen molar-refractivity contribution in [2.75, 3.05) is 39.0 Å². The van der Waals surface area contributed by atoms with E-state index in [-0.39, 0.29) is 36.2 Å². The number of anilines is 1. The fourth-order valence-corrected chi connectivity index (χ4v) is 6.75. The molecule has 41 heavy (non-hydrogen) atoms. The van der Waals surface area contributed by atoms with Gasteiger partial charge in [-0.1, -0.05) is 12.5 Å². The molecule has 0 bridgehead atoms. The zero-order valence-electron chi connectivity index (χ0n) is 22.9. The van der Waals surface area contributed by atoms with Crippen molar-refractivity contribution in [1.29, 1.82) is 0 Å². The first-order chi connectivity index (χ1) is 19.4. The monoisotopic (exact) mass is 569 g/mol. The molecule has 220 valence electrons. The van der Waals surface area contributed by atoms with Crippen LogP contribution < -0.4 is 16.5 Å². The van der Waals surface area contributed by atoms with Gasteiger partial charge in [0.1, 0.15) is 22.8 Å². The number of fused-ring (bicyclic) bond motifs is 3. The maximum atomic E-state index is 13.9. The van der Waals surface area contributed by atoms with Crippen molar-refractivity contribution in [2.24, 2.45) is 17.6 Å². The number of hydrogen-bond acceptors (Lipinski definition) is 11. The van der Waals surface area contributed by atoms with Gasteiger partial charge >= 0.3 is 0 Å². The second kappa shape index (κ2) is 10.6. The second-order valence-electron chi connectivity index (χ2n) is 11.4. The Balaban J connectivity index is 1.49. The molecule has 8 N–H and O–H groups in total. The molecule has 0 radical (unpaired) electrons. The van der Waals surface area contributed by atoms with Gasteiger partial charge in [0, 0.05) is 24.6 Å². The number of phenolic OH excluding ortho intramolecular Hbond substituents is 1. The van der Waals surface area contributed by atoms with Crippen LogP contribution in [0.3, 0.4) is 0 Å². The van der Waals surface area contributed by atoms with Crippen LogP contribution in [0.4, 0.5) is 5.69 Å². The topological polar surface area (TPSA) is 206 Å². The number of aliphatic hydroxyl groups excluding tert-OH is 2. The van der Waals surface area contributed by atoms with Crippen LogP contribution in [0.15, 0.2) is 29.0 Å². The van der Waals surface area contributed by atoms with Gasteiger partial charge < -0.3 is 31.5 Å². The second-order valence-corrected chi connectivity index (χ2v) is 11.4. The summed E-state index contributed by atoms with van der Waals surface area (Å²) in [5.74, 6) is -7.61. The first-order valence-corrected chi connectivity index (χ1v) is 13.7. The largest absolute Gasteiger partial charge is 0.508 e. The molecule has 13 heteroatoms. The van der Waals surface area contributed by atoms with E-state index in [9.17, 15) is 39.6 Å². The molecule has 2 fully saturated rings. The molecule has 4 aliphatic rings. The number of Topliss-reactive ketones (excluding diaryl/α,β-unsaturated/α-hetero) is 2. The van der Waals surface area contributed by atoms with Crippen LogP contribution in [-0.2, 0) is 25.6 Å². The maximum absolute atomic E-state index is 13.9. The molecule has 1 aliphatic heterocycles. The summed E-state index contributed by atoms with van der Waals surface area (Å²) in [5.41, 5.74) is 5.03. The van der Waals surface area contributed by atoms with Gasteiger partial charge in [-0.15, -0.1) is 0 Å². The first kappa shape index (κ1) is 28.7. The minimum atomic E-state index is -2.70. The van der Waals surface area contributed by atoms with Crippen LogP contribution in [0.5, 0.6) is 5.75 Å². The zero-order chi connectivity index (χ0) is 29.8. The Hall–Kier alpha value is -3.78. The molecule has 1 aromatic carbocycles. The van der Waals surface area contributed by atoms with Crippen molar-refractivity contribution in [3.63, 3.8) is 0 Å². The molecular formula is C28H35N5O8. The van der Waals surface area contributed by atoms with Crippen molar-refractivity contribution in [3.05, 3.63) is 40.2 Å². The highest BCUT2D eigenvalue weighted by Crippen LogP contribution is 2.53. The summed E-state index contributed by atoms with van der Waals surface area (Å²) < 4.78 is 0. The van der Waals surface area contributed by atoms with Gasteiger partial charge in [0.15, 0.2) is 11.4 Å². The lowest BCUT2D eigenvalue weighted by Crippen LogP contribution is -2.65. The van der Waals surface area contributed by atoms with Gasteiger partial charge in [0.05, 0.1) is 23.8 Å². The molecule has 1 heterocycles. The average molecular weight is 570 g/mol. The number of nitrogens with zero attached hydrogens (tertiary/aromatic N) is 2. The third-order valence-corrected chi connectivity index (χ3v) is 8.69. The normalized spacial score (nSPS) is 28.3. The van der Waals surface area contributed by atoms with Crippen LogP contribution in [0.25, 0.3) is 5.76 Å². The summed E-state index contributed by atoms with van der Waals surface area (Å²) in [6.45, 7) is 1.63. The maximum Gasteiger partial charge on any atom is 0.255 e. The number of ketones is 2. The summed E-state index contributed by atoms with van der Waals surface area (Å²) in [5, 5.41) is 49.6. The lowest BCUT2D eigenvalue weighted by Gasteiger charge is -2.50. The highest BCUT2D eigenvalue weighted by Gasteiger charge is 2.64. The fourth-order valence-electron chi connectivity index (χ4n) is 6.75. The molecule has 1 saturated carbocycles. The van der Waals surface area contributed by atoms with Crippen molar-refractivity contribution in [3.8, 4) is 5.75 Å². The van der Waals surface area contributed by atoms with E-state index in [2.05, 4.69) is 10.7 Å². The molecule has 1 aromatic rings. The van der Waals surface area contributed by atoms with Crippen molar-refractivity contribution in [2.45, 2.75) is 43.7 Å². The number of primary amides is 1. The third kappa shape index (κ3) is 4.58. The van der Waals surface area contributed by atoms with Gasteiger partial charge in [0.25, 0.3) is 5.91 Å². The Kier molecular flexibility index (Phi) is 7.40. The van der Waals surface area contributed by atoms with E-state index in [4.69, 9.17) is 5.73 Å². The summed E-state index contributed by atoms with van der Waals surface area (Å²) in [7, 11) is 3.09. The summed E-state index contributed by atoms with van der Waals surface area (Å²) in [6.07, 6.45) is 3.39. The number of carbonyl (C=O) groups excluding carboxylic acids is 4. The molecule has 0 spiro atoms. The number of hydrazine groups is 1. The SMILES string of the molecule is CN(C)C1C(=O)C(C(N)=O)=C(O)C2(O)C(=O)C3=C(O)c4c(ccc(NC(=O)CNN5CCCCC5)c4O)CC3CC12. The highest BCUT2D eigenvalue weighted by molar-refractivity contribution is 6.24. The molecule has 0 aromatic heterocycles. The Morgan fingerprint density at radius 3 is 2.44 bits per heavy atom. The number of hydrogen-bond donors (Lipinski definition) is 7. The molecule has 2 amide bonds. The van der Waals surface area contributed by atoms with Crippen LogP contribution in [0.1, 0.15) is 36.8 Å². The molecule has 3 aliphatic carbocycles. The molecule has 5 rings (SSSR count). The number of piperidine rings is 1. The first-order valence-electron chi connectivity index (χ1n) is 13.7. The summed E-state index contributed by atoms with van der Waals surface area (Å²) >= 11 is 0.